The van der Waals surface area contributed by atoms with Crippen molar-refractivity contribution in [1.82, 2.24) is 9.55 Å². The average molecular weight is 323 g/mol. The van der Waals surface area contributed by atoms with Gasteiger partial charge in [0.2, 0.25) is 0 Å². The van der Waals surface area contributed by atoms with Gasteiger partial charge in [0, 0.05) is 32.8 Å². The summed E-state index contributed by atoms with van der Waals surface area (Å²) in [5, 5.41) is 2.70. The highest BCUT2D eigenvalue weighted by Gasteiger charge is 2.13. The molecule has 0 unspecified atom stereocenters. The molecule has 0 N–H and O–H groups in total. The third-order valence-electron chi connectivity index (χ3n) is 2.96. The van der Waals surface area contributed by atoms with Crippen molar-refractivity contribution in [2.24, 2.45) is 0 Å². The summed E-state index contributed by atoms with van der Waals surface area (Å²) in [6, 6.07) is 4.12. The standard InChI is InChI=1S/C14H11ClN2OS2/c1-9-3-4-11(20-9)10-7-19-13-12(10)14(18)17(8-16-13)6-2-5-15/h2-5,7-8H,6H2,1H3/b5-2+. The number of halogens is 1. The van der Waals surface area contributed by atoms with Crippen molar-refractivity contribution in [3.05, 3.63) is 50.7 Å². The van der Waals surface area contributed by atoms with Crippen molar-refractivity contribution in [1.29, 1.82) is 0 Å². The van der Waals surface area contributed by atoms with Crippen LogP contribution in [0.15, 0.2) is 40.2 Å². The summed E-state index contributed by atoms with van der Waals surface area (Å²) in [6.45, 7) is 2.49. The summed E-state index contributed by atoms with van der Waals surface area (Å²) in [4.78, 5) is 20.0. The Morgan fingerprint density at radius 1 is 1.45 bits per heavy atom. The van der Waals surface area contributed by atoms with Crippen LogP contribution in [0.3, 0.4) is 0 Å². The van der Waals surface area contributed by atoms with Gasteiger partial charge in [-0.2, -0.15) is 0 Å². The van der Waals surface area contributed by atoms with Gasteiger partial charge in [0.25, 0.3) is 5.56 Å². The first-order valence-electron chi connectivity index (χ1n) is 5.99. The number of aromatic nitrogens is 2. The Hall–Kier alpha value is -1.43. The number of hydrogen-bond donors (Lipinski definition) is 0. The van der Waals surface area contributed by atoms with E-state index in [0.717, 1.165) is 15.3 Å². The maximum atomic E-state index is 12.6. The van der Waals surface area contributed by atoms with Gasteiger partial charge in [0.15, 0.2) is 0 Å². The van der Waals surface area contributed by atoms with Gasteiger partial charge in [-0.25, -0.2) is 4.98 Å². The van der Waals surface area contributed by atoms with Crippen LogP contribution in [-0.4, -0.2) is 9.55 Å². The van der Waals surface area contributed by atoms with E-state index < -0.39 is 0 Å². The first-order chi connectivity index (χ1) is 9.70. The highest BCUT2D eigenvalue weighted by atomic mass is 35.5. The van der Waals surface area contributed by atoms with Crippen LogP contribution >= 0.6 is 34.3 Å². The van der Waals surface area contributed by atoms with Crippen LogP contribution in [0.1, 0.15) is 4.88 Å². The van der Waals surface area contributed by atoms with E-state index in [0.29, 0.717) is 11.9 Å². The predicted octanol–water partition coefficient (Wildman–Crippen LogP) is 4.25. The fourth-order valence-electron chi connectivity index (χ4n) is 2.01. The molecule has 3 nitrogen and oxygen atoms in total. The van der Waals surface area contributed by atoms with Crippen LogP contribution in [0.2, 0.25) is 0 Å². The Balaban J connectivity index is 2.22. The summed E-state index contributed by atoms with van der Waals surface area (Å²) in [5.41, 5.74) is 2.37. The Labute approximate surface area is 128 Å². The molecular weight excluding hydrogens is 312 g/mol. The summed E-state index contributed by atoms with van der Waals surface area (Å²) in [6.07, 6.45) is 3.29. The predicted molar refractivity (Wildman–Crippen MR) is 86.9 cm³/mol. The number of allylic oxidation sites excluding steroid dienone is 1. The molecule has 3 aromatic heterocycles. The summed E-state index contributed by atoms with van der Waals surface area (Å²) < 4.78 is 1.57. The monoisotopic (exact) mass is 322 g/mol. The molecule has 0 saturated carbocycles. The molecule has 0 aliphatic rings. The van der Waals surface area contributed by atoms with E-state index in [1.54, 1.807) is 28.3 Å². The van der Waals surface area contributed by atoms with Gasteiger partial charge in [-0.1, -0.05) is 17.7 Å². The lowest BCUT2D eigenvalue weighted by Gasteiger charge is -2.02. The molecule has 3 rings (SSSR count). The molecule has 0 atom stereocenters. The topological polar surface area (TPSA) is 34.9 Å². The first-order valence-corrected chi connectivity index (χ1v) is 8.12. The smallest absolute Gasteiger partial charge is 0.263 e. The van der Waals surface area contributed by atoms with E-state index in [4.69, 9.17) is 11.6 Å². The molecule has 0 aromatic carbocycles. The van der Waals surface area contributed by atoms with Crippen LogP contribution in [0, 0.1) is 6.92 Å². The molecule has 3 heterocycles. The zero-order valence-electron chi connectivity index (χ0n) is 10.7. The van der Waals surface area contributed by atoms with Crippen molar-refractivity contribution in [2.45, 2.75) is 13.5 Å². The lowest BCUT2D eigenvalue weighted by Crippen LogP contribution is -2.19. The minimum Gasteiger partial charge on any atom is -0.295 e. The van der Waals surface area contributed by atoms with Crippen molar-refractivity contribution in [2.75, 3.05) is 0 Å². The Kier molecular flexibility index (Phi) is 3.74. The summed E-state index contributed by atoms with van der Waals surface area (Å²) >= 11 is 8.71. The van der Waals surface area contributed by atoms with Gasteiger partial charge in [-0.3, -0.25) is 9.36 Å². The third-order valence-corrected chi connectivity index (χ3v) is 5.06. The largest absolute Gasteiger partial charge is 0.295 e. The van der Waals surface area contributed by atoms with E-state index in [1.807, 2.05) is 5.38 Å². The zero-order valence-corrected chi connectivity index (χ0v) is 13.1. The van der Waals surface area contributed by atoms with Crippen LogP contribution in [0.5, 0.6) is 0 Å². The Bertz CT molecular complexity index is 844. The van der Waals surface area contributed by atoms with Crippen molar-refractivity contribution in [3.8, 4) is 10.4 Å². The Morgan fingerprint density at radius 3 is 3.00 bits per heavy atom. The quantitative estimate of drug-likeness (QED) is 0.722. The molecule has 0 radical (unpaired) electrons. The molecule has 6 heteroatoms. The number of fused-ring (bicyclic) bond motifs is 1. The first kappa shape index (κ1) is 13.5. The van der Waals surface area contributed by atoms with Crippen LogP contribution in [-0.2, 0) is 6.54 Å². The maximum Gasteiger partial charge on any atom is 0.263 e. The summed E-state index contributed by atoms with van der Waals surface area (Å²) in [5.74, 6) is 0. The molecule has 0 amide bonds. The van der Waals surface area contributed by atoms with E-state index in [-0.39, 0.29) is 5.56 Å². The molecular formula is C14H11ClN2OS2. The van der Waals surface area contributed by atoms with Crippen molar-refractivity contribution < 1.29 is 0 Å². The van der Waals surface area contributed by atoms with Gasteiger partial charge in [0.05, 0.1) is 11.7 Å². The van der Waals surface area contributed by atoms with Crippen LogP contribution in [0.4, 0.5) is 0 Å². The fraction of sp³-hybridized carbons (Fsp3) is 0.143. The molecule has 0 aliphatic heterocycles. The minimum absolute atomic E-state index is 0.0212. The molecule has 20 heavy (non-hydrogen) atoms. The minimum atomic E-state index is -0.0212. The number of rotatable bonds is 3. The third kappa shape index (κ3) is 2.32. The molecule has 0 spiro atoms. The molecule has 102 valence electrons. The van der Waals surface area contributed by atoms with Gasteiger partial charge >= 0.3 is 0 Å². The van der Waals surface area contributed by atoms with Crippen LogP contribution in [0.25, 0.3) is 20.7 Å². The van der Waals surface area contributed by atoms with E-state index in [1.165, 1.54) is 21.7 Å². The highest BCUT2D eigenvalue weighted by Crippen LogP contribution is 2.34. The number of thiophene rings is 2. The maximum absolute atomic E-state index is 12.6. The van der Waals surface area contributed by atoms with Gasteiger partial charge in [0.1, 0.15) is 4.83 Å². The van der Waals surface area contributed by atoms with Gasteiger partial charge in [-0.05, 0) is 19.1 Å². The fourth-order valence-corrected chi connectivity index (χ4v) is 3.95. The van der Waals surface area contributed by atoms with Gasteiger partial charge < -0.3 is 0 Å². The molecule has 0 aliphatic carbocycles. The summed E-state index contributed by atoms with van der Waals surface area (Å²) in [7, 11) is 0. The molecule has 0 fully saturated rings. The number of hydrogen-bond acceptors (Lipinski definition) is 4. The zero-order chi connectivity index (χ0) is 14.1. The van der Waals surface area contributed by atoms with Crippen LogP contribution < -0.4 is 5.56 Å². The second kappa shape index (κ2) is 5.52. The van der Waals surface area contributed by atoms with E-state index >= 15 is 0 Å². The number of aryl methyl sites for hydroxylation is 1. The molecule has 0 bridgehead atoms. The highest BCUT2D eigenvalue weighted by molar-refractivity contribution is 7.19. The number of nitrogens with zero attached hydrogens (tertiary/aromatic N) is 2. The normalized spacial score (nSPS) is 11.7. The molecule has 0 saturated heterocycles. The Morgan fingerprint density at radius 2 is 2.30 bits per heavy atom. The lowest BCUT2D eigenvalue weighted by atomic mass is 10.2. The van der Waals surface area contributed by atoms with E-state index in [2.05, 4.69) is 24.0 Å². The lowest BCUT2D eigenvalue weighted by molar-refractivity contribution is 0.769. The van der Waals surface area contributed by atoms with Crippen molar-refractivity contribution in [3.63, 3.8) is 0 Å². The van der Waals surface area contributed by atoms with Crippen molar-refractivity contribution >= 4 is 44.5 Å². The van der Waals surface area contributed by atoms with E-state index in [9.17, 15) is 4.79 Å². The average Bonchev–Trinajstić information content (AvgIpc) is 3.04. The molecule has 3 aromatic rings. The SMILES string of the molecule is Cc1ccc(-c2csc3ncn(C/C=C/Cl)c(=O)c23)s1. The second-order valence-corrected chi connectivity index (χ2v) is 6.70. The van der Waals surface area contributed by atoms with Gasteiger partial charge in [-0.15, -0.1) is 22.7 Å². The second-order valence-electron chi connectivity index (χ2n) is 4.30.